The minimum absolute atomic E-state index is 0.00608. The molecule has 7 heteroatoms. The van der Waals surface area contributed by atoms with E-state index in [1.165, 1.54) is 17.6 Å². The van der Waals surface area contributed by atoms with E-state index in [0.717, 1.165) is 25.7 Å². The van der Waals surface area contributed by atoms with Crippen molar-refractivity contribution in [3.63, 3.8) is 0 Å². The Morgan fingerprint density at radius 1 is 1.14 bits per heavy atom. The van der Waals surface area contributed by atoms with Crippen molar-refractivity contribution < 1.29 is 27.4 Å². The minimum atomic E-state index is -4.61. The van der Waals surface area contributed by atoms with Crippen molar-refractivity contribution >= 4 is 10.4 Å². The van der Waals surface area contributed by atoms with Gasteiger partial charge in [-0.2, -0.15) is 8.42 Å². The number of aliphatic hydroxyl groups excluding tert-OH is 1. The summed E-state index contributed by atoms with van der Waals surface area (Å²) < 4.78 is 36.6. The SMILES string of the molecule is CC(=CCC(C)C1CCC2C3=CC(O)C4(O)CC(OS(=O)(=O)O)CCC4(C)C3CCC21C)C(C)C. The zero-order chi connectivity index (χ0) is 26.0. The molecule has 0 aromatic rings. The minimum Gasteiger partial charge on any atom is -0.386 e. The summed E-state index contributed by atoms with van der Waals surface area (Å²) in [6, 6.07) is 0. The Morgan fingerprint density at radius 3 is 2.46 bits per heavy atom. The number of hydrogen-bond acceptors (Lipinski definition) is 5. The number of allylic oxidation sites excluding steroid dienone is 3. The van der Waals surface area contributed by atoms with Crippen LogP contribution in [-0.4, -0.2) is 41.0 Å². The van der Waals surface area contributed by atoms with Crippen LogP contribution in [0.1, 0.15) is 92.9 Å². The van der Waals surface area contributed by atoms with Gasteiger partial charge in [0.2, 0.25) is 0 Å². The zero-order valence-corrected chi connectivity index (χ0v) is 23.1. The summed E-state index contributed by atoms with van der Waals surface area (Å²) in [6.07, 6.45) is 8.88. The van der Waals surface area contributed by atoms with Gasteiger partial charge in [0.25, 0.3) is 0 Å². The van der Waals surface area contributed by atoms with Crippen LogP contribution in [0.2, 0.25) is 0 Å². The second-order valence-electron chi connectivity index (χ2n) is 13.0. The molecule has 0 aromatic heterocycles. The van der Waals surface area contributed by atoms with Gasteiger partial charge in [-0.05, 0) is 86.9 Å². The first-order chi connectivity index (χ1) is 16.1. The second kappa shape index (κ2) is 9.23. The monoisotopic (exact) mass is 510 g/mol. The van der Waals surface area contributed by atoms with Gasteiger partial charge in [-0.3, -0.25) is 4.55 Å². The molecule has 9 atom stereocenters. The zero-order valence-electron chi connectivity index (χ0n) is 22.3. The Balaban J connectivity index is 1.59. The molecule has 9 unspecified atom stereocenters. The van der Waals surface area contributed by atoms with Gasteiger partial charge >= 0.3 is 10.4 Å². The van der Waals surface area contributed by atoms with Crippen molar-refractivity contribution in [3.05, 3.63) is 23.3 Å². The van der Waals surface area contributed by atoms with Crippen LogP contribution >= 0.6 is 0 Å². The Hall–Kier alpha value is -0.730. The third-order valence-corrected chi connectivity index (χ3v) is 11.5. The predicted molar refractivity (Wildman–Crippen MR) is 137 cm³/mol. The number of hydrogen-bond donors (Lipinski definition) is 3. The highest BCUT2D eigenvalue weighted by Gasteiger charge is 2.65. The van der Waals surface area contributed by atoms with E-state index in [2.05, 4.69) is 47.6 Å². The molecule has 0 amide bonds. The van der Waals surface area contributed by atoms with Crippen molar-refractivity contribution in [2.45, 2.75) is 111 Å². The summed E-state index contributed by atoms with van der Waals surface area (Å²) in [5.41, 5.74) is 0.929. The summed E-state index contributed by atoms with van der Waals surface area (Å²) in [7, 11) is -4.61. The van der Waals surface area contributed by atoms with E-state index in [0.29, 0.717) is 36.5 Å². The van der Waals surface area contributed by atoms with E-state index in [-0.39, 0.29) is 17.8 Å². The van der Waals surface area contributed by atoms with Crippen LogP contribution in [-0.2, 0) is 14.6 Å². The van der Waals surface area contributed by atoms with Crippen molar-refractivity contribution in [1.82, 2.24) is 0 Å². The molecular weight excluding hydrogens is 464 g/mol. The molecule has 0 saturated heterocycles. The summed E-state index contributed by atoms with van der Waals surface area (Å²) in [5.74, 6) is 2.39. The summed E-state index contributed by atoms with van der Waals surface area (Å²) in [5, 5.41) is 23.0. The maximum Gasteiger partial charge on any atom is 0.397 e. The number of rotatable bonds is 6. The molecule has 3 N–H and O–H groups in total. The van der Waals surface area contributed by atoms with Gasteiger partial charge in [-0.1, -0.05) is 57.9 Å². The average Bonchev–Trinajstić information content (AvgIpc) is 3.10. The Kier molecular flexibility index (Phi) is 7.20. The van der Waals surface area contributed by atoms with E-state index in [1.54, 1.807) is 0 Å². The van der Waals surface area contributed by atoms with Crippen LogP contribution in [0.3, 0.4) is 0 Å². The lowest BCUT2D eigenvalue weighted by atomic mass is 9.45. The maximum atomic E-state index is 11.8. The van der Waals surface area contributed by atoms with Crippen LogP contribution in [0.4, 0.5) is 0 Å². The highest BCUT2D eigenvalue weighted by atomic mass is 32.3. The van der Waals surface area contributed by atoms with Crippen molar-refractivity contribution in [3.8, 4) is 0 Å². The third kappa shape index (κ3) is 4.58. The van der Waals surface area contributed by atoms with Crippen LogP contribution in [0, 0.1) is 40.4 Å². The molecule has 4 aliphatic rings. The molecule has 0 radical (unpaired) electrons. The van der Waals surface area contributed by atoms with Crippen molar-refractivity contribution in [2.75, 3.05) is 0 Å². The highest BCUT2D eigenvalue weighted by molar-refractivity contribution is 7.80. The molecule has 35 heavy (non-hydrogen) atoms. The first kappa shape index (κ1) is 27.3. The Morgan fingerprint density at radius 2 is 1.83 bits per heavy atom. The van der Waals surface area contributed by atoms with Crippen LogP contribution in [0.15, 0.2) is 23.3 Å². The standard InChI is InChI=1S/C28H46O6S/c1-17(2)18(3)7-8-19(4)22-9-10-23-21-15-25(29)28(30)16-20(34-35(31,32)33)11-14-27(28,6)24(21)12-13-26(22,23)5/h7,15,17,19-20,22-25,29-30H,8-14,16H2,1-6H3,(H,31,32,33). The first-order valence-corrected chi connectivity index (χ1v) is 14.9. The quantitative estimate of drug-likeness (QED) is 0.323. The molecule has 0 spiro atoms. The summed E-state index contributed by atoms with van der Waals surface area (Å²) >= 11 is 0. The van der Waals surface area contributed by atoms with Gasteiger partial charge in [0.1, 0.15) is 11.7 Å². The van der Waals surface area contributed by atoms with Gasteiger partial charge in [0.15, 0.2) is 0 Å². The normalized spacial score (nSPS) is 44.9. The first-order valence-electron chi connectivity index (χ1n) is 13.6. The summed E-state index contributed by atoms with van der Waals surface area (Å²) in [4.78, 5) is 0. The molecule has 4 rings (SSSR count). The molecule has 0 bridgehead atoms. The molecule has 200 valence electrons. The van der Waals surface area contributed by atoms with Gasteiger partial charge in [0.05, 0.1) is 6.10 Å². The molecule has 3 saturated carbocycles. The Labute approximate surface area is 212 Å². The van der Waals surface area contributed by atoms with Crippen LogP contribution in [0.25, 0.3) is 0 Å². The van der Waals surface area contributed by atoms with E-state index >= 15 is 0 Å². The van der Waals surface area contributed by atoms with Gasteiger partial charge in [0, 0.05) is 11.8 Å². The molecule has 0 aliphatic heterocycles. The second-order valence-corrected chi connectivity index (χ2v) is 14.0. The third-order valence-electron chi connectivity index (χ3n) is 11.0. The molecule has 6 nitrogen and oxygen atoms in total. The smallest absolute Gasteiger partial charge is 0.386 e. The maximum absolute atomic E-state index is 11.8. The fourth-order valence-corrected chi connectivity index (χ4v) is 9.04. The predicted octanol–water partition coefficient (Wildman–Crippen LogP) is 5.47. The molecule has 3 fully saturated rings. The van der Waals surface area contributed by atoms with E-state index in [4.69, 9.17) is 8.74 Å². The van der Waals surface area contributed by atoms with Gasteiger partial charge in [-0.25, -0.2) is 4.18 Å². The van der Waals surface area contributed by atoms with Crippen LogP contribution < -0.4 is 0 Å². The average molecular weight is 511 g/mol. The van der Waals surface area contributed by atoms with Gasteiger partial charge in [-0.15, -0.1) is 0 Å². The molecular formula is C28H46O6S. The number of fused-ring (bicyclic) bond motifs is 5. The lowest BCUT2D eigenvalue weighted by molar-refractivity contribution is -0.208. The summed E-state index contributed by atoms with van der Waals surface area (Å²) in [6.45, 7) is 13.6. The number of aliphatic hydroxyl groups is 2. The van der Waals surface area contributed by atoms with Crippen LogP contribution in [0.5, 0.6) is 0 Å². The van der Waals surface area contributed by atoms with Crippen molar-refractivity contribution in [1.29, 1.82) is 0 Å². The fraction of sp³-hybridized carbons (Fsp3) is 0.857. The molecule has 4 aliphatic carbocycles. The van der Waals surface area contributed by atoms with E-state index in [1.807, 2.05) is 6.08 Å². The molecule has 0 heterocycles. The highest BCUT2D eigenvalue weighted by Crippen LogP contribution is 2.67. The fourth-order valence-electron chi connectivity index (χ4n) is 8.53. The Bertz CT molecular complexity index is 985. The molecule has 0 aromatic carbocycles. The van der Waals surface area contributed by atoms with E-state index in [9.17, 15) is 18.6 Å². The largest absolute Gasteiger partial charge is 0.397 e. The lowest BCUT2D eigenvalue weighted by Crippen LogP contribution is -2.65. The van der Waals surface area contributed by atoms with Crippen molar-refractivity contribution in [2.24, 2.45) is 40.4 Å². The van der Waals surface area contributed by atoms with E-state index < -0.39 is 33.6 Å². The lowest BCUT2D eigenvalue weighted by Gasteiger charge is -2.62. The topological polar surface area (TPSA) is 104 Å². The van der Waals surface area contributed by atoms with Gasteiger partial charge < -0.3 is 10.2 Å².